The Bertz CT molecular complexity index is 1500. The van der Waals surface area contributed by atoms with Crippen LogP contribution < -0.4 is 15.5 Å². The lowest BCUT2D eigenvalue weighted by atomic mass is 10.2. The van der Waals surface area contributed by atoms with Gasteiger partial charge in [0, 0.05) is 24.2 Å². The molecule has 11 heteroatoms. The van der Waals surface area contributed by atoms with Gasteiger partial charge in [-0.3, -0.25) is 10.3 Å². The standard InChI is InChI=1S/C30H33ClFN5O4/c1-5-37(29(38)41-30(2,3)4)13-14-40-36-23-9-11-26-24(16-23)28(34-19-33-26)35-22-10-12-27(25(31)17-22)39-18-20-7-6-8-21(32)15-20/h6-12,15-17,19,36H,5,13-14,18H2,1-4H3,(H,33,34,35). The van der Waals surface area contributed by atoms with Crippen molar-refractivity contribution in [2.45, 2.75) is 39.9 Å². The minimum Gasteiger partial charge on any atom is -0.487 e. The Kier molecular flexibility index (Phi) is 9.80. The predicted octanol–water partition coefficient (Wildman–Crippen LogP) is 7.35. The molecule has 216 valence electrons. The minimum absolute atomic E-state index is 0.191. The van der Waals surface area contributed by atoms with E-state index >= 15 is 0 Å². The highest BCUT2D eigenvalue weighted by molar-refractivity contribution is 6.32. The van der Waals surface area contributed by atoms with Gasteiger partial charge in [-0.2, -0.15) is 0 Å². The quantitative estimate of drug-likeness (QED) is 0.140. The number of ether oxygens (including phenoxy) is 2. The summed E-state index contributed by atoms with van der Waals surface area (Å²) in [6.45, 7) is 8.70. The summed E-state index contributed by atoms with van der Waals surface area (Å²) in [6, 6.07) is 17.1. The van der Waals surface area contributed by atoms with Crippen molar-refractivity contribution < 1.29 is 23.5 Å². The molecule has 0 fully saturated rings. The molecule has 0 atom stereocenters. The zero-order valence-electron chi connectivity index (χ0n) is 23.4. The number of nitrogens with zero attached hydrogens (tertiary/aromatic N) is 3. The number of anilines is 3. The first kappa shape index (κ1) is 29.8. The molecule has 0 saturated carbocycles. The van der Waals surface area contributed by atoms with E-state index in [1.165, 1.54) is 18.5 Å². The number of hydrogen-bond donors (Lipinski definition) is 2. The zero-order chi connectivity index (χ0) is 29.4. The van der Waals surface area contributed by atoms with E-state index in [1.807, 2.05) is 52.0 Å². The number of aromatic nitrogens is 2. The first-order valence-corrected chi connectivity index (χ1v) is 13.5. The summed E-state index contributed by atoms with van der Waals surface area (Å²) in [7, 11) is 0. The van der Waals surface area contributed by atoms with Crippen molar-refractivity contribution in [2.75, 3.05) is 30.5 Å². The van der Waals surface area contributed by atoms with E-state index in [4.69, 9.17) is 25.9 Å². The van der Waals surface area contributed by atoms with Crippen LogP contribution in [0.2, 0.25) is 5.02 Å². The molecule has 0 aliphatic heterocycles. The van der Waals surface area contributed by atoms with Gasteiger partial charge in [0.1, 0.15) is 35.9 Å². The molecule has 0 spiro atoms. The van der Waals surface area contributed by atoms with Crippen LogP contribution in [0.3, 0.4) is 0 Å². The molecule has 2 N–H and O–H groups in total. The molecule has 1 heterocycles. The highest BCUT2D eigenvalue weighted by Gasteiger charge is 2.20. The van der Waals surface area contributed by atoms with Crippen LogP contribution in [0.1, 0.15) is 33.3 Å². The largest absolute Gasteiger partial charge is 0.487 e. The third-order valence-corrected chi connectivity index (χ3v) is 6.10. The molecular formula is C30H33ClFN5O4. The van der Waals surface area contributed by atoms with Crippen molar-refractivity contribution in [1.82, 2.24) is 14.9 Å². The van der Waals surface area contributed by atoms with E-state index in [1.54, 1.807) is 29.2 Å². The van der Waals surface area contributed by atoms with E-state index in [0.29, 0.717) is 46.6 Å². The van der Waals surface area contributed by atoms with Crippen LogP contribution in [0, 0.1) is 5.82 Å². The van der Waals surface area contributed by atoms with Crippen molar-refractivity contribution in [3.63, 3.8) is 0 Å². The third kappa shape index (κ3) is 8.67. The van der Waals surface area contributed by atoms with Crippen LogP contribution >= 0.6 is 11.6 Å². The summed E-state index contributed by atoms with van der Waals surface area (Å²) < 4.78 is 24.6. The summed E-state index contributed by atoms with van der Waals surface area (Å²) in [5.74, 6) is 0.733. The number of likely N-dealkylation sites (N-methyl/N-ethyl adjacent to an activating group) is 1. The van der Waals surface area contributed by atoms with Gasteiger partial charge in [0.25, 0.3) is 0 Å². The second-order valence-electron chi connectivity index (χ2n) is 10.2. The molecule has 1 aromatic heterocycles. The number of hydrogen-bond acceptors (Lipinski definition) is 8. The van der Waals surface area contributed by atoms with Crippen LogP contribution in [0.4, 0.5) is 26.4 Å². The Morgan fingerprint density at radius 2 is 1.85 bits per heavy atom. The average Bonchev–Trinajstić information content (AvgIpc) is 2.92. The van der Waals surface area contributed by atoms with Gasteiger partial charge in [0.15, 0.2) is 0 Å². The molecule has 0 radical (unpaired) electrons. The monoisotopic (exact) mass is 581 g/mol. The molecule has 9 nitrogen and oxygen atoms in total. The number of halogens is 2. The Balaban J connectivity index is 1.37. The molecule has 4 aromatic rings. The summed E-state index contributed by atoms with van der Waals surface area (Å²) in [4.78, 5) is 28.2. The molecule has 0 aliphatic rings. The first-order chi connectivity index (χ1) is 19.6. The smallest absolute Gasteiger partial charge is 0.410 e. The Morgan fingerprint density at radius 1 is 1.05 bits per heavy atom. The lowest BCUT2D eigenvalue weighted by molar-refractivity contribution is 0.0212. The molecular weight excluding hydrogens is 549 g/mol. The number of fused-ring (bicyclic) bond motifs is 1. The molecule has 41 heavy (non-hydrogen) atoms. The molecule has 0 unspecified atom stereocenters. The van der Waals surface area contributed by atoms with Gasteiger partial charge in [-0.15, -0.1) is 0 Å². The SMILES string of the molecule is CCN(CCONc1ccc2ncnc(Nc3ccc(OCc4cccc(F)c4)c(Cl)c3)c2c1)C(=O)OC(C)(C)C. The normalized spacial score (nSPS) is 11.3. The summed E-state index contributed by atoms with van der Waals surface area (Å²) in [5, 5.41) is 4.43. The van der Waals surface area contributed by atoms with Gasteiger partial charge in [-0.1, -0.05) is 23.7 Å². The molecule has 0 saturated heterocycles. The van der Waals surface area contributed by atoms with Crippen molar-refractivity contribution in [2.24, 2.45) is 0 Å². The summed E-state index contributed by atoms with van der Waals surface area (Å²) in [5.41, 5.74) is 5.18. The number of nitrogens with one attached hydrogen (secondary N) is 2. The van der Waals surface area contributed by atoms with E-state index in [9.17, 15) is 9.18 Å². The van der Waals surface area contributed by atoms with Gasteiger partial charge in [-0.25, -0.2) is 19.2 Å². The summed E-state index contributed by atoms with van der Waals surface area (Å²) in [6.07, 6.45) is 1.09. The van der Waals surface area contributed by atoms with Crippen LogP contribution in [0.25, 0.3) is 10.9 Å². The Hall–Kier alpha value is -4.15. The Labute approximate surface area is 243 Å². The second kappa shape index (κ2) is 13.5. The summed E-state index contributed by atoms with van der Waals surface area (Å²) >= 11 is 6.46. The number of rotatable bonds is 11. The van der Waals surface area contributed by atoms with Crippen molar-refractivity contribution in [3.8, 4) is 5.75 Å². The minimum atomic E-state index is -0.562. The Morgan fingerprint density at radius 3 is 2.59 bits per heavy atom. The van der Waals surface area contributed by atoms with Crippen LogP contribution in [-0.2, 0) is 16.2 Å². The van der Waals surface area contributed by atoms with Crippen molar-refractivity contribution in [1.29, 1.82) is 0 Å². The predicted molar refractivity (Wildman–Crippen MR) is 158 cm³/mol. The van der Waals surface area contributed by atoms with Gasteiger partial charge in [0.05, 0.1) is 22.8 Å². The third-order valence-electron chi connectivity index (χ3n) is 5.80. The van der Waals surface area contributed by atoms with Gasteiger partial charge >= 0.3 is 6.09 Å². The zero-order valence-corrected chi connectivity index (χ0v) is 24.2. The molecule has 0 aliphatic carbocycles. The highest BCUT2D eigenvalue weighted by Crippen LogP contribution is 2.31. The maximum absolute atomic E-state index is 13.4. The van der Waals surface area contributed by atoms with Crippen molar-refractivity contribution in [3.05, 3.63) is 83.4 Å². The number of amides is 1. The maximum atomic E-state index is 13.4. The van der Waals surface area contributed by atoms with Gasteiger partial charge in [-0.05, 0) is 81.8 Å². The van der Waals surface area contributed by atoms with Crippen LogP contribution in [0.5, 0.6) is 5.75 Å². The van der Waals surface area contributed by atoms with Gasteiger partial charge in [0.2, 0.25) is 0 Å². The average molecular weight is 582 g/mol. The molecule has 3 aromatic carbocycles. The number of carbonyl (C=O) groups is 1. The maximum Gasteiger partial charge on any atom is 0.410 e. The van der Waals surface area contributed by atoms with E-state index in [0.717, 1.165) is 10.9 Å². The van der Waals surface area contributed by atoms with Crippen molar-refractivity contribution >= 4 is 45.8 Å². The fourth-order valence-electron chi connectivity index (χ4n) is 3.84. The molecule has 0 bridgehead atoms. The number of carbonyl (C=O) groups excluding carboxylic acids is 1. The van der Waals surface area contributed by atoms with E-state index < -0.39 is 5.60 Å². The highest BCUT2D eigenvalue weighted by atomic mass is 35.5. The topological polar surface area (TPSA) is 97.8 Å². The van der Waals surface area contributed by atoms with Gasteiger partial charge < -0.3 is 19.7 Å². The molecule has 4 rings (SSSR count). The van der Waals surface area contributed by atoms with Crippen LogP contribution in [0.15, 0.2) is 67.0 Å². The first-order valence-electron chi connectivity index (χ1n) is 13.2. The molecule has 1 amide bonds. The second-order valence-corrected chi connectivity index (χ2v) is 10.6. The van der Waals surface area contributed by atoms with E-state index in [2.05, 4.69) is 20.8 Å². The fourth-order valence-corrected chi connectivity index (χ4v) is 4.07. The fraction of sp³-hybridized carbons (Fsp3) is 0.300. The lowest BCUT2D eigenvalue weighted by Gasteiger charge is -2.26. The lowest BCUT2D eigenvalue weighted by Crippen LogP contribution is -2.38. The van der Waals surface area contributed by atoms with Crippen LogP contribution in [-0.4, -0.2) is 46.3 Å². The van der Waals surface area contributed by atoms with E-state index in [-0.39, 0.29) is 25.1 Å². The number of benzene rings is 3.